The van der Waals surface area contributed by atoms with Crippen LogP contribution in [0.2, 0.25) is 0 Å². The molecule has 0 radical (unpaired) electrons. The summed E-state index contributed by atoms with van der Waals surface area (Å²) in [7, 11) is 0. The van der Waals surface area contributed by atoms with Gasteiger partial charge in [-0.05, 0) is 24.5 Å². The third-order valence-corrected chi connectivity index (χ3v) is 7.57. The zero-order valence-electron chi connectivity index (χ0n) is 20.0. The smallest absolute Gasteiger partial charge is 0.262 e. The van der Waals surface area contributed by atoms with E-state index in [1.165, 1.54) is 22.5 Å². The molecule has 0 atom stereocenters. The maximum absolute atomic E-state index is 13.3. The number of aromatic nitrogens is 2. The Morgan fingerprint density at radius 1 is 1.00 bits per heavy atom. The van der Waals surface area contributed by atoms with Gasteiger partial charge in [0.05, 0.1) is 11.7 Å². The number of amides is 1. The average molecular weight is 487 g/mol. The minimum absolute atomic E-state index is 0.0791. The molecule has 4 aromatic rings. The van der Waals surface area contributed by atoms with Gasteiger partial charge >= 0.3 is 0 Å². The van der Waals surface area contributed by atoms with Crippen molar-refractivity contribution in [1.82, 2.24) is 19.4 Å². The van der Waals surface area contributed by atoms with Gasteiger partial charge in [-0.3, -0.25) is 19.1 Å². The highest BCUT2D eigenvalue weighted by Gasteiger charge is 2.20. The van der Waals surface area contributed by atoms with Crippen molar-refractivity contribution in [2.75, 3.05) is 26.2 Å². The van der Waals surface area contributed by atoms with Gasteiger partial charge in [0.2, 0.25) is 5.91 Å². The number of benzene rings is 2. The molecule has 6 nitrogen and oxygen atoms in total. The quantitative estimate of drug-likeness (QED) is 0.401. The van der Waals surface area contributed by atoms with E-state index in [0.29, 0.717) is 18.4 Å². The summed E-state index contributed by atoms with van der Waals surface area (Å²) >= 11 is 1.48. The minimum atomic E-state index is -0.0791. The highest BCUT2D eigenvalue weighted by molar-refractivity contribution is 7.17. The maximum atomic E-state index is 13.3. The molecular formula is C28H30N4O2S. The van der Waals surface area contributed by atoms with Crippen molar-refractivity contribution in [3.63, 3.8) is 0 Å². The fourth-order valence-corrected chi connectivity index (χ4v) is 5.57. The second-order valence-electron chi connectivity index (χ2n) is 9.18. The third kappa shape index (κ3) is 5.36. The van der Waals surface area contributed by atoms with Crippen LogP contribution in [0.3, 0.4) is 0 Å². The van der Waals surface area contributed by atoms with Crippen LogP contribution in [0, 0.1) is 6.92 Å². The molecule has 180 valence electrons. The van der Waals surface area contributed by atoms with Gasteiger partial charge in [-0.1, -0.05) is 60.2 Å². The van der Waals surface area contributed by atoms with Gasteiger partial charge in [-0.15, -0.1) is 11.3 Å². The number of carbonyl (C=O) groups excluding carboxylic acids is 1. The molecule has 35 heavy (non-hydrogen) atoms. The molecule has 3 heterocycles. The van der Waals surface area contributed by atoms with E-state index >= 15 is 0 Å². The number of nitrogens with zero attached hydrogens (tertiary/aromatic N) is 4. The molecule has 2 aromatic heterocycles. The highest BCUT2D eigenvalue weighted by atomic mass is 32.1. The summed E-state index contributed by atoms with van der Waals surface area (Å²) in [4.78, 5) is 35.9. The molecule has 1 aliphatic heterocycles. The van der Waals surface area contributed by atoms with Crippen LogP contribution < -0.4 is 5.56 Å². The minimum Gasteiger partial charge on any atom is -0.341 e. The van der Waals surface area contributed by atoms with Crippen LogP contribution in [-0.2, 0) is 17.9 Å². The van der Waals surface area contributed by atoms with Gasteiger partial charge in [0.25, 0.3) is 5.56 Å². The molecule has 1 aliphatic rings. The predicted molar refractivity (Wildman–Crippen MR) is 142 cm³/mol. The number of rotatable bonds is 6. The SMILES string of the molecule is Cc1ccc(-c2csc3ncn(CCC(=O)N4CCCN(Cc5ccccc5)CC4)c(=O)c23)cc1. The molecule has 0 N–H and O–H groups in total. The van der Waals surface area contributed by atoms with Crippen molar-refractivity contribution >= 4 is 27.5 Å². The zero-order chi connectivity index (χ0) is 24.2. The summed E-state index contributed by atoms with van der Waals surface area (Å²) in [5.41, 5.74) is 4.32. The van der Waals surface area contributed by atoms with Crippen molar-refractivity contribution in [3.05, 3.63) is 87.8 Å². The van der Waals surface area contributed by atoms with Crippen molar-refractivity contribution in [3.8, 4) is 11.1 Å². The topological polar surface area (TPSA) is 58.4 Å². The van der Waals surface area contributed by atoms with E-state index in [9.17, 15) is 9.59 Å². The molecule has 0 bridgehead atoms. The summed E-state index contributed by atoms with van der Waals surface area (Å²) in [6.45, 7) is 6.63. The molecule has 0 aliphatic carbocycles. The van der Waals surface area contributed by atoms with E-state index in [1.807, 2.05) is 35.4 Å². The standard InChI is InChI=1S/C28H30N4O2S/c1-21-8-10-23(11-9-21)24-19-35-27-26(24)28(34)32(20-29-27)15-12-25(33)31-14-5-13-30(16-17-31)18-22-6-3-2-4-7-22/h2-4,6-11,19-20H,5,12-18H2,1H3. The molecule has 7 heteroatoms. The Labute approximate surface area is 209 Å². The lowest BCUT2D eigenvalue weighted by atomic mass is 10.1. The second kappa shape index (κ2) is 10.5. The van der Waals surface area contributed by atoms with Crippen LogP contribution in [0.1, 0.15) is 24.0 Å². The first-order valence-electron chi connectivity index (χ1n) is 12.2. The van der Waals surface area contributed by atoms with Gasteiger partial charge in [-0.2, -0.15) is 0 Å². The monoisotopic (exact) mass is 486 g/mol. The lowest BCUT2D eigenvalue weighted by Gasteiger charge is -2.22. The summed E-state index contributed by atoms with van der Waals surface area (Å²) < 4.78 is 1.59. The first kappa shape index (κ1) is 23.5. The van der Waals surface area contributed by atoms with Crippen LogP contribution in [-0.4, -0.2) is 51.4 Å². The van der Waals surface area contributed by atoms with Gasteiger partial charge in [0, 0.05) is 56.6 Å². The number of thiophene rings is 1. The Morgan fingerprint density at radius 3 is 2.60 bits per heavy atom. The van der Waals surface area contributed by atoms with Crippen molar-refractivity contribution in [2.45, 2.75) is 32.9 Å². The van der Waals surface area contributed by atoms with Gasteiger partial charge in [0.15, 0.2) is 0 Å². The summed E-state index contributed by atoms with van der Waals surface area (Å²) in [6, 6.07) is 18.6. The molecular weight excluding hydrogens is 456 g/mol. The van der Waals surface area contributed by atoms with Gasteiger partial charge < -0.3 is 4.90 Å². The Morgan fingerprint density at radius 2 is 1.80 bits per heavy atom. The molecule has 0 saturated carbocycles. The number of hydrogen-bond acceptors (Lipinski definition) is 5. The molecule has 0 spiro atoms. The average Bonchev–Trinajstić information content (AvgIpc) is 3.17. The Bertz CT molecular complexity index is 1360. The lowest BCUT2D eigenvalue weighted by molar-refractivity contribution is -0.131. The van der Waals surface area contributed by atoms with Crippen LogP contribution in [0.4, 0.5) is 0 Å². The zero-order valence-corrected chi connectivity index (χ0v) is 20.8. The Balaban J connectivity index is 1.24. The van der Waals surface area contributed by atoms with Gasteiger partial charge in [0.1, 0.15) is 4.83 Å². The fraction of sp³-hybridized carbons (Fsp3) is 0.321. The number of aryl methyl sites for hydroxylation is 2. The maximum Gasteiger partial charge on any atom is 0.262 e. The van der Waals surface area contributed by atoms with E-state index in [-0.39, 0.29) is 11.5 Å². The van der Waals surface area contributed by atoms with Crippen LogP contribution in [0.15, 0.2) is 71.1 Å². The van der Waals surface area contributed by atoms with E-state index in [0.717, 1.165) is 55.1 Å². The molecule has 5 rings (SSSR count). The molecule has 1 fully saturated rings. The predicted octanol–water partition coefficient (Wildman–Crippen LogP) is 4.56. The largest absolute Gasteiger partial charge is 0.341 e. The molecule has 1 amide bonds. The lowest BCUT2D eigenvalue weighted by Crippen LogP contribution is -2.36. The number of carbonyl (C=O) groups is 1. The summed E-state index contributed by atoms with van der Waals surface area (Å²) in [6.07, 6.45) is 2.84. The Kier molecular flexibility index (Phi) is 7.06. The van der Waals surface area contributed by atoms with Crippen LogP contribution in [0.25, 0.3) is 21.3 Å². The number of fused-ring (bicyclic) bond motifs is 1. The van der Waals surface area contributed by atoms with E-state index in [4.69, 9.17) is 0 Å². The summed E-state index contributed by atoms with van der Waals surface area (Å²) in [5, 5.41) is 2.64. The third-order valence-electron chi connectivity index (χ3n) is 6.68. The van der Waals surface area contributed by atoms with Crippen molar-refractivity contribution < 1.29 is 4.79 Å². The first-order chi connectivity index (χ1) is 17.1. The normalized spacial score (nSPS) is 14.8. The Hall–Kier alpha value is -3.29. The van der Waals surface area contributed by atoms with E-state index in [2.05, 4.69) is 46.3 Å². The first-order valence-corrected chi connectivity index (χ1v) is 13.0. The van der Waals surface area contributed by atoms with Crippen LogP contribution in [0.5, 0.6) is 0 Å². The fourth-order valence-electron chi connectivity index (χ4n) is 4.67. The number of hydrogen-bond donors (Lipinski definition) is 0. The van der Waals surface area contributed by atoms with E-state index in [1.54, 1.807) is 10.9 Å². The molecule has 2 aromatic carbocycles. The highest BCUT2D eigenvalue weighted by Crippen LogP contribution is 2.30. The van der Waals surface area contributed by atoms with Crippen molar-refractivity contribution in [2.24, 2.45) is 0 Å². The van der Waals surface area contributed by atoms with Crippen molar-refractivity contribution in [1.29, 1.82) is 0 Å². The second-order valence-corrected chi connectivity index (χ2v) is 10.0. The summed E-state index contributed by atoms with van der Waals surface area (Å²) in [5.74, 6) is 0.0997. The van der Waals surface area contributed by atoms with Crippen LogP contribution >= 0.6 is 11.3 Å². The molecule has 1 saturated heterocycles. The van der Waals surface area contributed by atoms with E-state index < -0.39 is 0 Å². The van der Waals surface area contributed by atoms with Gasteiger partial charge in [-0.25, -0.2) is 4.98 Å². The molecule has 0 unspecified atom stereocenters.